The molecule has 0 atom stereocenters. The molecule has 0 aliphatic heterocycles. The molecular weight excluding hydrogens is 245 g/mol. The molecule has 0 unspecified atom stereocenters. The van der Waals surface area contributed by atoms with Crippen molar-refractivity contribution in [3.05, 3.63) is 53.5 Å². The van der Waals surface area contributed by atoms with E-state index in [1.807, 2.05) is 0 Å². The first-order valence-corrected chi connectivity index (χ1v) is 5.82. The van der Waals surface area contributed by atoms with E-state index in [0.717, 1.165) is 0 Å². The summed E-state index contributed by atoms with van der Waals surface area (Å²) in [5.41, 5.74) is 1.29. The quantitative estimate of drug-likeness (QED) is 0.891. The van der Waals surface area contributed by atoms with Crippen molar-refractivity contribution < 1.29 is 9.18 Å². The standard InChI is InChI=1S/C14H14FN3O/c1-9-11(15)4-3-5-12(9)18-14(19)10-6-7-13(16-2)17-8-10/h3-8H,1-2H3,(H,16,17)(H,18,19). The fourth-order valence-electron chi connectivity index (χ4n) is 1.61. The van der Waals surface area contributed by atoms with Gasteiger partial charge in [-0.3, -0.25) is 4.79 Å². The largest absolute Gasteiger partial charge is 0.373 e. The average molecular weight is 259 g/mol. The minimum absolute atomic E-state index is 0.316. The highest BCUT2D eigenvalue weighted by Crippen LogP contribution is 2.18. The predicted molar refractivity (Wildman–Crippen MR) is 72.9 cm³/mol. The first-order valence-electron chi connectivity index (χ1n) is 5.82. The number of carbonyl (C=O) groups excluding carboxylic acids is 1. The van der Waals surface area contributed by atoms with Gasteiger partial charge in [0.05, 0.1) is 5.56 Å². The highest BCUT2D eigenvalue weighted by molar-refractivity contribution is 6.04. The highest BCUT2D eigenvalue weighted by Gasteiger charge is 2.09. The van der Waals surface area contributed by atoms with E-state index in [4.69, 9.17) is 0 Å². The van der Waals surface area contributed by atoms with Gasteiger partial charge in [-0.2, -0.15) is 0 Å². The van der Waals surface area contributed by atoms with Crippen LogP contribution in [0.15, 0.2) is 36.5 Å². The summed E-state index contributed by atoms with van der Waals surface area (Å²) in [5.74, 6) is 0.0174. The number of amides is 1. The number of hydrogen-bond donors (Lipinski definition) is 2. The van der Waals surface area contributed by atoms with Crippen LogP contribution in [0.5, 0.6) is 0 Å². The Bertz CT molecular complexity index is 596. The van der Waals surface area contributed by atoms with E-state index < -0.39 is 0 Å². The summed E-state index contributed by atoms with van der Waals surface area (Å²) >= 11 is 0. The lowest BCUT2D eigenvalue weighted by atomic mass is 10.1. The van der Waals surface area contributed by atoms with Gasteiger partial charge in [0.1, 0.15) is 11.6 Å². The van der Waals surface area contributed by atoms with Gasteiger partial charge in [0.2, 0.25) is 0 Å². The Balaban J connectivity index is 2.18. The molecule has 0 bridgehead atoms. The predicted octanol–water partition coefficient (Wildman–Crippen LogP) is 2.82. The molecular formula is C14H14FN3O. The van der Waals surface area contributed by atoms with Gasteiger partial charge in [-0.25, -0.2) is 9.37 Å². The maximum atomic E-state index is 13.4. The van der Waals surface area contributed by atoms with Crippen LogP contribution in [0.1, 0.15) is 15.9 Å². The molecule has 1 heterocycles. The Hall–Kier alpha value is -2.43. The fraction of sp³-hybridized carbons (Fsp3) is 0.143. The van der Waals surface area contributed by atoms with Crippen LogP contribution in [0.2, 0.25) is 0 Å². The number of aromatic nitrogens is 1. The lowest BCUT2D eigenvalue weighted by Gasteiger charge is -2.09. The van der Waals surface area contributed by atoms with Crippen LogP contribution in [0.3, 0.4) is 0 Å². The van der Waals surface area contributed by atoms with Crippen LogP contribution < -0.4 is 10.6 Å². The second-order valence-electron chi connectivity index (χ2n) is 4.05. The minimum atomic E-state index is -0.346. The van der Waals surface area contributed by atoms with Crippen molar-refractivity contribution in [1.82, 2.24) is 4.98 Å². The van der Waals surface area contributed by atoms with E-state index >= 15 is 0 Å². The van der Waals surface area contributed by atoms with Crippen LogP contribution in [-0.4, -0.2) is 17.9 Å². The fourth-order valence-corrected chi connectivity index (χ4v) is 1.61. The van der Waals surface area contributed by atoms with Crippen LogP contribution >= 0.6 is 0 Å². The first-order chi connectivity index (χ1) is 9.11. The average Bonchev–Trinajstić information content (AvgIpc) is 2.44. The molecule has 2 N–H and O–H groups in total. The topological polar surface area (TPSA) is 54.0 Å². The van der Waals surface area contributed by atoms with Crippen molar-refractivity contribution in [3.63, 3.8) is 0 Å². The van der Waals surface area contributed by atoms with Crippen molar-refractivity contribution in [2.45, 2.75) is 6.92 Å². The number of pyridine rings is 1. The SMILES string of the molecule is CNc1ccc(C(=O)Nc2cccc(F)c2C)cn1. The molecule has 5 heteroatoms. The molecule has 19 heavy (non-hydrogen) atoms. The Morgan fingerprint density at radius 1 is 1.26 bits per heavy atom. The third-order valence-corrected chi connectivity index (χ3v) is 2.80. The van der Waals surface area contributed by atoms with Crippen LogP contribution in [-0.2, 0) is 0 Å². The number of carbonyl (C=O) groups is 1. The molecule has 0 aliphatic rings. The van der Waals surface area contributed by atoms with E-state index in [2.05, 4.69) is 15.6 Å². The zero-order valence-electron chi connectivity index (χ0n) is 10.7. The summed E-state index contributed by atoms with van der Waals surface area (Å²) in [6, 6.07) is 7.93. The van der Waals surface area contributed by atoms with Crippen molar-refractivity contribution in [2.75, 3.05) is 17.7 Å². The van der Waals surface area contributed by atoms with Crippen molar-refractivity contribution in [3.8, 4) is 0 Å². The molecule has 1 amide bonds. The Kier molecular flexibility index (Phi) is 3.75. The van der Waals surface area contributed by atoms with E-state index in [1.54, 1.807) is 38.2 Å². The van der Waals surface area contributed by atoms with Crippen LogP contribution in [0.25, 0.3) is 0 Å². The number of nitrogens with zero attached hydrogens (tertiary/aromatic N) is 1. The number of nitrogens with one attached hydrogen (secondary N) is 2. The van der Waals surface area contributed by atoms with Crippen molar-refractivity contribution in [1.29, 1.82) is 0 Å². The molecule has 0 radical (unpaired) electrons. The molecule has 1 aromatic carbocycles. The summed E-state index contributed by atoms with van der Waals surface area (Å²) in [6.45, 7) is 1.62. The third-order valence-electron chi connectivity index (χ3n) is 2.80. The number of anilines is 2. The minimum Gasteiger partial charge on any atom is -0.373 e. The molecule has 0 saturated carbocycles. The molecule has 0 saturated heterocycles. The van der Waals surface area contributed by atoms with Gasteiger partial charge < -0.3 is 10.6 Å². The summed E-state index contributed by atoms with van der Waals surface area (Å²) in [5, 5.41) is 5.53. The molecule has 4 nitrogen and oxygen atoms in total. The van der Waals surface area contributed by atoms with E-state index in [-0.39, 0.29) is 11.7 Å². The third kappa shape index (κ3) is 2.88. The number of halogens is 1. The van der Waals surface area contributed by atoms with Crippen molar-refractivity contribution in [2.24, 2.45) is 0 Å². The summed E-state index contributed by atoms with van der Waals surface area (Å²) < 4.78 is 13.4. The number of rotatable bonds is 3. The lowest BCUT2D eigenvalue weighted by molar-refractivity contribution is 0.102. The Morgan fingerprint density at radius 2 is 2.05 bits per heavy atom. The zero-order valence-corrected chi connectivity index (χ0v) is 10.7. The molecule has 0 fully saturated rings. The van der Waals surface area contributed by atoms with Gasteiger partial charge in [0, 0.05) is 24.5 Å². The van der Waals surface area contributed by atoms with Gasteiger partial charge in [0.15, 0.2) is 0 Å². The maximum absolute atomic E-state index is 13.4. The molecule has 0 spiro atoms. The first kappa shape index (κ1) is 13.0. The summed E-state index contributed by atoms with van der Waals surface area (Å²) in [4.78, 5) is 16.0. The zero-order chi connectivity index (χ0) is 13.8. The Morgan fingerprint density at radius 3 is 2.68 bits per heavy atom. The highest BCUT2D eigenvalue weighted by atomic mass is 19.1. The number of benzene rings is 1. The van der Waals surface area contributed by atoms with Crippen molar-refractivity contribution >= 4 is 17.4 Å². The number of hydrogen-bond acceptors (Lipinski definition) is 3. The monoisotopic (exact) mass is 259 g/mol. The second-order valence-corrected chi connectivity index (χ2v) is 4.05. The van der Waals surface area contributed by atoms with E-state index in [9.17, 15) is 9.18 Å². The molecule has 0 aliphatic carbocycles. The normalized spacial score (nSPS) is 10.1. The lowest BCUT2D eigenvalue weighted by Crippen LogP contribution is -2.13. The van der Waals surface area contributed by atoms with Crippen LogP contribution in [0, 0.1) is 12.7 Å². The smallest absolute Gasteiger partial charge is 0.257 e. The Labute approximate surface area is 110 Å². The van der Waals surface area contributed by atoms with Gasteiger partial charge in [-0.1, -0.05) is 6.07 Å². The molecule has 1 aromatic heterocycles. The van der Waals surface area contributed by atoms with Gasteiger partial charge >= 0.3 is 0 Å². The second kappa shape index (κ2) is 5.48. The van der Waals surface area contributed by atoms with E-state index in [0.29, 0.717) is 22.6 Å². The van der Waals surface area contributed by atoms with E-state index in [1.165, 1.54) is 12.3 Å². The van der Waals surface area contributed by atoms with Crippen LogP contribution in [0.4, 0.5) is 15.9 Å². The summed E-state index contributed by atoms with van der Waals surface area (Å²) in [6.07, 6.45) is 1.47. The van der Waals surface area contributed by atoms with Gasteiger partial charge in [-0.05, 0) is 31.2 Å². The summed E-state index contributed by atoms with van der Waals surface area (Å²) in [7, 11) is 1.75. The van der Waals surface area contributed by atoms with Gasteiger partial charge in [-0.15, -0.1) is 0 Å². The van der Waals surface area contributed by atoms with Gasteiger partial charge in [0.25, 0.3) is 5.91 Å². The maximum Gasteiger partial charge on any atom is 0.257 e. The molecule has 98 valence electrons. The molecule has 2 rings (SSSR count). The molecule has 2 aromatic rings.